The van der Waals surface area contributed by atoms with Gasteiger partial charge in [0.1, 0.15) is 0 Å². The minimum absolute atomic E-state index is 0.0298. The first-order chi connectivity index (χ1) is 12.5. The molecule has 0 bridgehead atoms. The molecule has 3 heterocycles. The van der Waals surface area contributed by atoms with E-state index in [1.807, 2.05) is 18.9 Å². The maximum atomic E-state index is 12.2. The lowest BCUT2D eigenvalue weighted by Gasteiger charge is -2.36. The summed E-state index contributed by atoms with van der Waals surface area (Å²) in [5.74, 6) is 1.78. The fraction of sp³-hybridized carbons (Fsp3) is 0.647. The van der Waals surface area contributed by atoms with Crippen molar-refractivity contribution in [3.63, 3.8) is 0 Å². The summed E-state index contributed by atoms with van der Waals surface area (Å²) in [6, 6.07) is 0.0298. The third kappa shape index (κ3) is 3.94. The summed E-state index contributed by atoms with van der Waals surface area (Å²) in [6.45, 7) is 6.80. The van der Waals surface area contributed by atoms with Gasteiger partial charge in [-0.05, 0) is 6.92 Å². The Hall–Kier alpha value is -2.26. The zero-order valence-corrected chi connectivity index (χ0v) is 15.8. The van der Waals surface area contributed by atoms with Crippen LogP contribution in [0.4, 0.5) is 5.82 Å². The average Bonchev–Trinajstić information content (AvgIpc) is 3.12. The number of rotatable bonds is 6. The molecule has 2 aromatic rings. The van der Waals surface area contributed by atoms with Crippen LogP contribution in [0.15, 0.2) is 21.7 Å². The minimum atomic E-state index is -0.117. The topological polar surface area (TPSA) is 89.5 Å². The molecule has 2 aromatic heterocycles. The van der Waals surface area contributed by atoms with Crippen molar-refractivity contribution in [2.75, 3.05) is 38.2 Å². The predicted molar refractivity (Wildman–Crippen MR) is 96.2 cm³/mol. The number of aromatic nitrogens is 4. The second-order valence-corrected chi connectivity index (χ2v) is 6.61. The van der Waals surface area contributed by atoms with Crippen LogP contribution in [0.25, 0.3) is 0 Å². The quantitative estimate of drug-likeness (QED) is 0.739. The fourth-order valence-electron chi connectivity index (χ4n) is 3.08. The normalized spacial score (nSPS) is 19.5. The van der Waals surface area contributed by atoms with E-state index in [0.29, 0.717) is 24.9 Å². The number of anilines is 1. The highest BCUT2D eigenvalue weighted by Gasteiger charge is 2.29. The lowest BCUT2D eigenvalue weighted by Crippen LogP contribution is -2.48. The van der Waals surface area contributed by atoms with Crippen LogP contribution < -0.4 is 10.5 Å². The Bertz CT molecular complexity index is 789. The van der Waals surface area contributed by atoms with Gasteiger partial charge in [-0.1, -0.05) is 12.1 Å². The summed E-state index contributed by atoms with van der Waals surface area (Å²) in [7, 11) is 3.58. The Morgan fingerprint density at radius 2 is 2.27 bits per heavy atom. The molecule has 26 heavy (non-hydrogen) atoms. The van der Waals surface area contributed by atoms with Crippen molar-refractivity contribution in [3.05, 3.63) is 34.5 Å². The number of morpholine rings is 1. The van der Waals surface area contributed by atoms with Crippen LogP contribution in [0.1, 0.15) is 31.6 Å². The largest absolute Gasteiger partial charge is 0.374 e. The first kappa shape index (κ1) is 18.5. The van der Waals surface area contributed by atoms with Crippen molar-refractivity contribution >= 4 is 5.82 Å². The van der Waals surface area contributed by atoms with Crippen molar-refractivity contribution in [1.29, 1.82) is 0 Å². The van der Waals surface area contributed by atoms with Crippen molar-refractivity contribution in [2.45, 2.75) is 32.4 Å². The molecule has 0 aliphatic carbocycles. The van der Waals surface area contributed by atoms with E-state index >= 15 is 0 Å². The van der Waals surface area contributed by atoms with E-state index in [1.54, 1.807) is 19.4 Å². The molecule has 142 valence electrons. The monoisotopic (exact) mass is 362 g/mol. The number of nitrogens with zero attached hydrogens (tertiary/aromatic N) is 6. The minimum Gasteiger partial charge on any atom is -0.374 e. The highest BCUT2D eigenvalue weighted by atomic mass is 16.5. The summed E-state index contributed by atoms with van der Waals surface area (Å²) in [5.41, 5.74) is -0.117. The van der Waals surface area contributed by atoms with E-state index in [2.05, 4.69) is 26.9 Å². The van der Waals surface area contributed by atoms with Gasteiger partial charge in [0, 0.05) is 52.5 Å². The van der Waals surface area contributed by atoms with Crippen LogP contribution in [0.5, 0.6) is 0 Å². The summed E-state index contributed by atoms with van der Waals surface area (Å²) in [5, 5.41) is 3.98. The molecular weight excluding hydrogens is 336 g/mol. The van der Waals surface area contributed by atoms with Crippen LogP contribution in [-0.4, -0.2) is 64.0 Å². The van der Waals surface area contributed by atoms with E-state index in [0.717, 1.165) is 25.3 Å². The van der Waals surface area contributed by atoms with Gasteiger partial charge in [-0.25, -0.2) is 4.98 Å². The molecule has 9 heteroatoms. The first-order valence-electron chi connectivity index (χ1n) is 8.90. The van der Waals surface area contributed by atoms with Gasteiger partial charge in [-0.2, -0.15) is 4.98 Å². The number of ether oxygens (including phenoxy) is 1. The molecule has 0 unspecified atom stereocenters. The van der Waals surface area contributed by atoms with Crippen LogP contribution in [0.3, 0.4) is 0 Å². The molecule has 1 fully saturated rings. The number of hydrogen-bond acceptors (Lipinski definition) is 8. The van der Waals surface area contributed by atoms with E-state index < -0.39 is 0 Å². The summed E-state index contributed by atoms with van der Waals surface area (Å²) in [6.07, 6.45) is 4.00. The third-order valence-corrected chi connectivity index (χ3v) is 4.71. The van der Waals surface area contributed by atoms with Crippen LogP contribution in [-0.2, 0) is 18.2 Å². The maximum Gasteiger partial charge on any atom is 0.293 e. The second kappa shape index (κ2) is 7.96. The number of likely N-dealkylation sites (N-methyl/N-ethyl adjacent to an activating group) is 1. The first-order valence-corrected chi connectivity index (χ1v) is 8.90. The van der Waals surface area contributed by atoms with Gasteiger partial charge in [-0.3, -0.25) is 9.69 Å². The van der Waals surface area contributed by atoms with Gasteiger partial charge < -0.3 is 18.7 Å². The van der Waals surface area contributed by atoms with Crippen LogP contribution >= 0.6 is 0 Å². The Labute approximate surface area is 152 Å². The second-order valence-electron chi connectivity index (χ2n) is 6.61. The van der Waals surface area contributed by atoms with E-state index in [-0.39, 0.29) is 17.7 Å². The molecule has 0 aromatic carbocycles. The molecule has 2 atom stereocenters. The summed E-state index contributed by atoms with van der Waals surface area (Å²) < 4.78 is 12.8. The van der Waals surface area contributed by atoms with E-state index in [4.69, 9.17) is 9.26 Å². The highest BCUT2D eigenvalue weighted by Crippen LogP contribution is 2.22. The molecule has 3 rings (SSSR count). The Balaban J connectivity index is 1.64. The lowest BCUT2D eigenvalue weighted by molar-refractivity contribution is -0.0408. The molecule has 0 radical (unpaired) electrons. The molecule has 1 aliphatic heterocycles. The zero-order chi connectivity index (χ0) is 18.7. The molecule has 0 amide bonds. The van der Waals surface area contributed by atoms with Gasteiger partial charge in [-0.15, -0.1) is 0 Å². The predicted octanol–water partition coefficient (Wildman–Crippen LogP) is 0.624. The van der Waals surface area contributed by atoms with Gasteiger partial charge in [0.15, 0.2) is 11.6 Å². The molecule has 0 N–H and O–H groups in total. The van der Waals surface area contributed by atoms with E-state index in [9.17, 15) is 4.79 Å². The Morgan fingerprint density at radius 3 is 3.00 bits per heavy atom. The Kier molecular flexibility index (Phi) is 5.67. The van der Waals surface area contributed by atoms with Gasteiger partial charge in [0.25, 0.3) is 5.56 Å². The fourth-order valence-corrected chi connectivity index (χ4v) is 3.08. The van der Waals surface area contributed by atoms with Crippen molar-refractivity contribution < 1.29 is 9.26 Å². The summed E-state index contributed by atoms with van der Waals surface area (Å²) in [4.78, 5) is 25.0. The number of aryl methyl sites for hydroxylation is 2. The van der Waals surface area contributed by atoms with Crippen LogP contribution in [0, 0.1) is 0 Å². The van der Waals surface area contributed by atoms with Crippen molar-refractivity contribution in [3.8, 4) is 0 Å². The lowest BCUT2D eigenvalue weighted by atomic mass is 10.2. The van der Waals surface area contributed by atoms with Gasteiger partial charge in [0.2, 0.25) is 5.89 Å². The van der Waals surface area contributed by atoms with Gasteiger partial charge >= 0.3 is 0 Å². The highest BCUT2D eigenvalue weighted by molar-refractivity contribution is 5.34. The van der Waals surface area contributed by atoms with Gasteiger partial charge in [0.05, 0.1) is 18.8 Å². The smallest absolute Gasteiger partial charge is 0.293 e. The molecule has 0 spiro atoms. The average molecular weight is 362 g/mol. The van der Waals surface area contributed by atoms with Crippen molar-refractivity contribution in [2.24, 2.45) is 7.05 Å². The molecule has 0 saturated carbocycles. The van der Waals surface area contributed by atoms with Crippen LogP contribution in [0.2, 0.25) is 0 Å². The molecule has 1 aliphatic rings. The van der Waals surface area contributed by atoms with Crippen molar-refractivity contribution in [1.82, 2.24) is 24.6 Å². The van der Waals surface area contributed by atoms with E-state index in [1.165, 1.54) is 4.57 Å². The SMILES string of the molecule is CCc1noc([C@@H](C)N2CCO[C@@H](CN(C)c3nccn(C)c3=O)C2)n1. The summed E-state index contributed by atoms with van der Waals surface area (Å²) >= 11 is 0. The Morgan fingerprint density at radius 1 is 1.46 bits per heavy atom. The molecule has 9 nitrogen and oxygen atoms in total. The number of hydrogen-bond donors (Lipinski definition) is 0. The molecule has 1 saturated heterocycles. The third-order valence-electron chi connectivity index (χ3n) is 4.71. The maximum absolute atomic E-state index is 12.2. The zero-order valence-electron chi connectivity index (χ0n) is 15.8. The standard InChI is InChI=1S/C17H26N6O3/c1-5-14-19-16(26-20-14)12(2)23-8-9-25-13(11-23)10-22(4)15-17(24)21(3)7-6-18-15/h6-7,12-13H,5,8-11H2,1-4H3/t12-,13+/m1/s1. The molecular formula is C17H26N6O3.